The Morgan fingerprint density at radius 1 is 1.32 bits per heavy atom. The molecule has 0 fully saturated rings. The van der Waals surface area contributed by atoms with Crippen molar-refractivity contribution in [3.8, 4) is 0 Å². The van der Waals surface area contributed by atoms with E-state index in [2.05, 4.69) is 42.3 Å². The van der Waals surface area contributed by atoms with E-state index >= 15 is 0 Å². The number of amides is 1. The Labute approximate surface area is 140 Å². The van der Waals surface area contributed by atoms with Gasteiger partial charge in [0.15, 0.2) is 5.69 Å². The summed E-state index contributed by atoms with van der Waals surface area (Å²) in [6.45, 7) is 0. The molecule has 0 saturated carbocycles. The lowest BCUT2D eigenvalue weighted by Gasteiger charge is -2.04. The van der Waals surface area contributed by atoms with E-state index in [0.717, 1.165) is 18.4 Å². The van der Waals surface area contributed by atoms with Crippen molar-refractivity contribution in [3.63, 3.8) is 0 Å². The van der Waals surface area contributed by atoms with E-state index in [4.69, 9.17) is 0 Å². The molecule has 1 N–H and O–H groups in total. The molecule has 1 heterocycles. The Balaban J connectivity index is 2.38. The number of rotatable bonds is 3. The highest BCUT2D eigenvalue weighted by atomic mass is 79.9. The monoisotopic (exact) mass is 457 g/mol. The average molecular weight is 459 g/mol. The van der Waals surface area contributed by atoms with Gasteiger partial charge in [0.25, 0.3) is 15.9 Å². The van der Waals surface area contributed by atoms with Crippen LogP contribution in [0.5, 0.6) is 0 Å². The van der Waals surface area contributed by atoms with E-state index in [1.54, 1.807) is 0 Å². The van der Waals surface area contributed by atoms with Crippen molar-refractivity contribution in [3.05, 3.63) is 44.6 Å². The van der Waals surface area contributed by atoms with Crippen LogP contribution in [0.3, 0.4) is 0 Å². The molecule has 0 atom stereocenters. The fourth-order valence-corrected chi connectivity index (χ4v) is 3.71. The summed E-state index contributed by atoms with van der Waals surface area (Å²) in [7, 11) is -3.73. The van der Waals surface area contributed by atoms with E-state index in [1.165, 1.54) is 0 Å². The minimum atomic E-state index is -3.73. The summed E-state index contributed by atoms with van der Waals surface area (Å²) in [4.78, 5) is 12.1. The van der Waals surface area contributed by atoms with Crippen LogP contribution in [0.1, 0.15) is 10.5 Å². The van der Waals surface area contributed by atoms with E-state index in [0.29, 0.717) is 10.2 Å². The van der Waals surface area contributed by atoms with Crippen molar-refractivity contribution < 1.29 is 22.0 Å². The lowest BCUT2D eigenvalue weighted by molar-refractivity contribution is 0.102. The predicted molar refractivity (Wildman–Crippen MR) is 82.2 cm³/mol. The predicted octanol–water partition coefficient (Wildman–Crippen LogP) is 2.75. The Kier molecular flexibility index (Phi) is 4.68. The number of carbonyl (C=O) groups is 1. The van der Waals surface area contributed by atoms with E-state index in [9.17, 15) is 22.0 Å². The average Bonchev–Trinajstić information content (AvgIpc) is 2.69. The highest BCUT2D eigenvalue weighted by Crippen LogP contribution is 2.28. The first kappa shape index (κ1) is 17.0. The van der Waals surface area contributed by atoms with Crippen molar-refractivity contribution in [2.45, 2.75) is 0 Å². The van der Waals surface area contributed by atoms with Gasteiger partial charge in [-0.1, -0.05) is 0 Å². The van der Waals surface area contributed by atoms with Gasteiger partial charge >= 0.3 is 0 Å². The summed E-state index contributed by atoms with van der Waals surface area (Å²) >= 11 is 6.01. The zero-order chi connectivity index (χ0) is 16.7. The number of aromatic nitrogens is 2. The highest BCUT2D eigenvalue weighted by Gasteiger charge is 2.24. The summed E-state index contributed by atoms with van der Waals surface area (Å²) in [5.74, 6) is -2.62. The van der Waals surface area contributed by atoms with E-state index < -0.39 is 27.6 Å². The van der Waals surface area contributed by atoms with Gasteiger partial charge in [-0.25, -0.2) is 17.2 Å². The fraction of sp³-hybridized carbons (Fsp3) is 0.0909. The number of halogens is 4. The molecular weight excluding hydrogens is 452 g/mol. The minimum absolute atomic E-state index is 0.0136. The van der Waals surface area contributed by atoms with Crippen LogP contribution in [0, 0.1) is 11.6 Å². The SMILES string of the molecule is CS(=O)(=O)n1nc(C(=O)Nc2ccc(F)cc2F)c(Br)c1Br. The maximum Gasteiger partial charge on any atom is 0.277 e. The molecule has 22 heavy (non-hydrogen) atoms. The minimum Gasteiger partial charge on any atom is -0.318 e. The first-order valence-corrected chi connectivity index (χ1v) is 8.95. The van der Waals surface area contributed by atoms with Gasteiger partial charge in [-0.3, -0.25) is 4.79 Å². The molecule has 0 bridgehead atoms. The smallest absolute Gasteiger partial charge is 0.277 e. The van der Waals surface area contributed by atoms with Crippen LogP contribution in [0.25, 0.3) is 0 Å². The quantitative estimate of drug-likeness (QED) is 0.766. The molecule has 2 aromatic rings. The molecule has 11 heteroatoms. The Morgan fingerprint density at radius 3 is 2.45 bits per heavy atom. The number of nitrogens with one attached hydrogen (secondary N) is 1. The van der Waals surface area contributed by atoms with Crippen LogP contribution in [0.2, 0.25) is 0 Å². The van der Waals surface area contributed by atoms with Crippen molar-refractivity contribution in [2.24, 2.45) is 0 Å². The number of anilines is 1. The van der Waals surface area contributed by atoms with Crippen LogP contribution in [-0.4, -0.2) is 29.8 Å². The molecule has 0 aliphatic heterocycles. The lowest BCUT2D eigenvalue weighted by Crippen LogP contribution is -2.17. The topological polar surface area (TPSA) is 81.1 Å². The number of benzene rings is 1. The van der Waals surface area contributed by atoms with Gasteiger partial charge < -0.3 is 5.32 Å². The molecule has 6 nitrogen and oxygen atoms in total. The summed E-state index contributed by atoms with van der Waals surface area (Å²) in [5, 5.41) is 5.83. The van der Waals surface area contributed by atoms with Crippen LogP contribution < -0.4 is 5.32 Å². The Morgan fingerprint density at radius 2 is 1.95 bits per heavy atom. The fourth-order valence-electron chi connectivity index (χ4n) is 1.50. The Hall–Kier alpha value is -1.33. The van der Waals surface area contributed by atoms with Gasteiger partial charge in [0, 0.05) is 6.07 Å². The molecule has 0 spiro atoms. The van der Waals surface area contributed by atoms with Crippen molar-refractivity contribution in [2.75, 3.05) is 11.6 Å². The second-order valence-corrected chi connectivity index (χ2v) is 7.49. The summed E-state index contributed by atoms with van der Waals surface area (Å²) in [5.41, 5.74) is -0.538. The third-order valence-electron chi connectivity index (χ3n) is 2.46. The molecule has 0 saturated heterocycles. The van der Waals surface area contributed by atoms with Gasteiger partial charge in [-0.05, 0) is 44.0 Å². The molecule has 1 amide bonds. The highest BCUT2D eigenvalue weighted by molar-refractivity contribution is 9.13. The van der Waals surface area contributed by atoms with Crippen LogP contribution >= 0.6 is 31.9 Å². The molecule has 0 aliphatic rings. The number of hydrogen-bond donors (Lipinski definition) is 1. The van der Waals surface area contributed by atoms with Gasteiger partial charge in [0.05, 0.1) is 16.4 Å². The molecule has 0 aliphatic carbocycles. The normalized spacial score (nSPS) is 11.5. The first-order chi connectivity index (χ1) is 10.1. The van der Waals surface area contributed by atoms with Crippen molar-refractivity contribution in [1.29, 1.82) is 0 Å². The van der Waals surface area contributed by atoms with Crippen LogP contribution in [-0.2, 0) is 10.0 Å². The van der Waals surface area contributed by atoms with E-state index in [1.807, 2.05) is 0 Å². The zero-order valence-electron chi connectivity index (χ0n) is 10.8. The first-order valence-electron chi connectivity index (χ1n) is 5.52. The number of hydrogen-bond acceptors (Lipinski definition) is 4. The van der Waals surface area contributed by atoms with Crippen molar-refractivity contribution in [1.82, 2.24) is 9.19 Å². The van der Waals surface area contributed by atoms with Crippen molar-refractivity contribution >= 4 is 53.5 Å². The maximum absolute atomic E-state index is 13.5. The summed E-state index contributed by atoms with van der Waals surface area (Å²) in [6.07, 6.45) is 0.901. The zero-order valence-corrected chi connectivity index (χ0v) is 14.8. The molecule has 0 unspecified atom stereocenters. The third-order valence-corrected chi connectivity index (χ3v) is 5.60. The lowest BCUT2D eigenvalue weighted by atomic mass is 10.3. The largest absolute Gasteiger partial charge is 0.318 e. The molecule has 0 radical (unpaired) electrons. The molecule has 2 rings (SSSR count). The Bertz CT molecular complexity index is 868. The molecular formula is C11H7Br2F2N3O3S. The summed E-state index contributed by atoms with van der Waals surface area (Å²) < 4.78 is 50.0. The van der Waals surface area contributed by atoms with E-state index in [-0.39, 0.29) is 20.5 Å². The molecule has 1 aromatic heterocycles. The van der Waals surface area contributed by atoms with Crippen LogP contribution in [0.4, 0.5) is 14.5 Å². The third kappa shape index (κ3) is 3.36. The van der Waals surface area contributed by atoms with Gasteiger partial charge in [0.1, 0.15) is 16.2 Å². The van der Waals surface area contributed by atoms with Gasteiger partial charge in [-0.2, -0.15) is 5.10 Å². The maximum atomic E-state index is 13.5. The number of carbonyl (C=O) groups excluding carboxylic acids is 1. The summed E-state index contributed by atoms with van der Waals surface area (Å²) in [6, 6.07) is 2.62. The molecule has 118 valence electrons. The second kappa shape index (κ2) is 6.05. The van der Waals surface area contributed by atoms with Gasteiger partial charge in [-0.15, -0.1) is 4.09 Å². The van der Waals surface area contributed by atoms with Gasteiger partial charge in [0.2, 0.25) is 0 Å². The standard InChI is InChI=1S/C11H7Br2F2N3O3S/c1-22(20,21)18-10(13)8(12)9(17-18)11(19)16-7-3-2-5(14)4-6(7)15/h2-4H,1H3,(H,16,19). The number of nitrogens with zero attached hydrogens (tertiary/aromatic N) is 2. The molecule has 1 aromatic carbocycles. The van der Waals surface area contributed by atoms with Crippen LogP contribution in [0.15, 0.2) is 27.3 Å². The second-order valence-electron chi connectivity index (χ2n) is 4.14.